The summed E-state index contributed by atoms with van der Waals surface area (Å²) in [5.74, 6) is -0.0893. The number of carbonyl (C=O) groups excluding carboxylic acids is 1. The summed E-state index contributed by atoms with van der Waals surface area (Å²) in [6, 6.07) is 19.3. The van der Waals surface area contributed by atoms with Crippen LogP contribution < -0.4 is 0 Å². The first kappa shape index (κ1) is 22.7. The highest BCUT2D eigenvalue weighted by Crippen LogP contribution is 2.39. The minimum atomic E-state index is -0.326. The maximum Gasteiger partial charge on any atom is 0.271 e. The molecule has 6 nitrogen and oxygen atoms in total. The Morgan fingerprint density at radius 2 is 1.71 bits per heavy atom. The van der Waals surface area contributed by atoms with E-state index in [0.717, 1.165) is 21.5 Å². The number of benzene rings is 2. The zero-order valence-corrected chi connectivity index (χ0v) is 20.1. The molecule has 3 heterocycles. The standard InChI is InChI=1S/C27H21FN4O2S/c1-16-4-13-23(29-15-16)35-27-24(31-25(34-27)17-5-9-20(28)10-6-17)19-8-11-21-18(14-19)7-12-22(30-21)26(33)32(2)3/h4-15H,1-3H3. The van der Waals surface area contributed by atoms with Crippen LogP contribution in [0.25, 0.3) is 33.6 Å². The topological polar surface area (TPSA) is 72.1 Å². The number of oxazole rings is 1. The number of halogens is 1. The number of pyridine rings is 2. The largest absolute Gasteiger partial charge is 0.429 e. The Hall–Kier alpha value is -4.04. The predicted molar refractivity (Wildman–Crippen MR) is 134 cm³/mol. The monoisotopic (exact) mass is 484 g/mol. The fraction of sp³-hybridized carbons (Fsp3) is 0.111. The zero-order chi connectivity index (χ0) is 24.5. The molecule has 1 amide bonds. The van der Waals surface area contributed by atoms with Gasteiger partial charge in [-0.1, -0.05) is 18.2 Å². The molecule has 5 aromatic rings. The molecule has 5 rings (SSSR count). The van der Waals surface area contributed by atoms with E-state index in [4.69, 9.17) is 9.40 Å². The number of hydrogen-bond donors (Lipinski definition) is 0. The predicted octanol–water partition coefficient (Wildman–Crippen LogP) is 6.25. The molecule has 2 aromatic carbocycles. The van der Waals surface area contributed by atoms with Crippen LogP contribution in [0.3, 0.4) is 0 Å². The van der Waals surface area contributed by atoms with Gasteiger partial charge in [0.15, 0.2) is 5.09 Å². The summed E-state index contributed by atoms with van der Waals surface area (Å²) in [4.78, 5) is 27.5. The Balaban J connectivity index is 1.58. The second kappa shape index (κ2) is 9.31. The molecule has 0 saturated heterocycles. The van der Waals surface area contributed by atoms with E-state index < -0.39 is 0 Å². The number of amides is 1. The van der Waals surface area contributed by atoms with Gasteiger partial charge in [-0.25, -0.2) is 19.3 Å². The van der Waals surface area contributed by atoms with Crippen LogP contribution in [0.2, 0.25) is 0 Å². The Bertz CT molecular complexity index is 1530. The van der Waals surface area contributed by atoms with Crippen molar-refractivity contribution in [1.29, 1.82) is 0 Å². The van der Waals surface area contributed by atoms with Crippen LogP contribution in [0, 0.1) is 12.7 Å². The number of aryl methyl sites for hydroxylation is 1. The third-order valence-corrected chi connectivity index (χ3v) is 6.27. The smallest absolute Gasteiger partial charge is 0.271 e. The van der Waals surface area contributed by atoms with Crippen molar-refractivity contribution in [2.24, 2.45) is 0 Å². The third-order valence-electron chi connectivity index (χ3n) is 5.36. The number of carbonyl (C=O) groups is 1. The highest BCUT2D eigenvalue weighted by atomic mass is 32.2. The molecule has 0 aliphatic rings. The molecule has 35 heavy (non-hydrogen) atoms. The second-order valence-corrected chi connectivity index (χ2v) is 9.23. The van der Waals surface area contributed by atoms with Crippen molar-refractivity contribution in [2.75, 3.05) is 14.1 Å². The summed E-state index contributed by atoms with van der Waals surface area (Å²) in [6.45, 7) is 1.98. The van der Waals surface area contributed by atoms with E-state index in [1.165, 1.54) is 28.8 Å². The van der Waals surface area contributed by atoms with Gasteiger partial charge in [0.05, 0.1) is 5.52 Å². The van der Waals surface area contributed by atoms with Crippen molar-refractivity contribution >= 4 is 28.6 Å². The molecule has 0 atom stereocenters. The van der Waals surface area contributed by atoms with Gasteiger partial charge in [0.25, 0.3) is 5.91 Å². The summed E-state index contributed by atoms with van der Waals surface area (Å²) in [6.07, 6.45) is 1.80. The van der Waals surface area contributed by atoms with E-state index in [2.05, 4.69) is 9.97 Å². The highest BCUT2D eigenvalue weighted by molar-refractivity contribution is 7.99. The van der Waals surface area contributed by atoms with E-state index in [-0.39, 0.29) is 11.7 Å². The van der Waals surface area contributed by atoms with Gasteiger partial charge in [-0.15, -0.1) is 0 Å². The average molecular weight is 485 g/mol. The molecule has 0 aliphatic heterocycles. The first-order valence-electron chi connectivity index (χ1n) is 10.9. The molecule has 174 valence electrons. The molecule has 8 heteroatoms. The second-order valence-electron chi connectivity index (χ2n) is 8.24. The van der Waals surface area contributed by atoms with Crippen LogP contribution in [0.1, 0.15) is 16.1 Å². The fourth-order valence-electron chi connectivity index (χ4n) is 3.50. The molecular weight excluding hydrogens is 463 g/mol. The van der Waals surface area contributed by atoms with Crippen LogP contribution in [-0.2, 0) is 0 Å². The average Bonchev–Trinajstić information content (AvgIpc) is 3.28. The lowest BCUT2D eigenvalue weighted by Gasteiger charge is -2.10. The van der Waals surface area contributed by atoms with Gasteiger partial charge < -0.3 is 9.32 Å². The Morgan fingerprint density at radius 1 is 0.943 bits per heavy atom. The lowest BCUT2D eigenvalue weighted by molar-refractivity contribution is 0.0822. The molecule has 0 unspecified atom stereocenters. The number of nitrogens with zero attached hydrogens (tertiary/aromatic N) is 4. The van der Waals surface area contributed by atoms with Gasteiger partial charge in [-0.3, -0.25) is 4.79 Å². The van der Waals surface area contributed by atoms with E-state index in [1.54, 1.807) is 38.5 Å². The molecule has 0 bridgehead atoms. The summed E-state index contributed by atoms with van der Waals surface area (Å²) >= 11 is 1.37. The maximum atomic E-state index is 13.4. The highest BCUT2D eigenvalue weighted by Gasteiger charge is 2.19. The molecule has 0 saturated carbocycles. The van der Waals surface area contributed by atoms with Gasteiger partial charge in [-0.05, 0) is 72.8 Å². The Labute approximate surface area is 205 Å². The van der Waals surface area contributed by atoms with E-state index in [0.29, 0.717) is 33.5 Å². The van der Waals surface area contributed by atoms with Crippen molar-refractivity contribution in [1.82, 2.24) is 19.9 Å². The Kier molecular flexibility index (Phi) is 6.05. The van der Waals surface area contributed by atoms with Crippen molar-refractivity contribution in [3.8, 4) is 22.7 Å². The quantitative estimate of drug-likeness (QED) is 0.294. The number of aromatic nitrogens is 3. The molecular formula is C27H21FN4O2S. The summed E-state index contributed by atoms with van der Waals surface area (Å²) in [7, 11) is 3.39. The van der Waals surface area contributed by atoms with Crippen molar-refractivity contribution < 1.29 is 13.6 Å². The first-order chi connectivity index (χ1) is 16.9. The first-order valence-corrected chi connectivity index (χ1v) is 11.7. The molecule has 0 N–H and O–H groups in total. The van der Waals surface area contributed by atoms with Gasteiger partial charge in [0.1, 0.15) is 22.2 Å². The fourth-order valence-corrected chi connectivity index (χ4v) is 4.32. The van der Waals surface area contributed by atoms with Gasteiger partial charge in [-0.2, -0.15) is 0 Å². The zero-order valence-electron chi connectivity index (χ0n) is 19.3. The summed E-state index contributed by atoms with van der Waals surface area (Å²) in [5, 5.41) is 2.22. The van der Waals surface area contributed by atoms with Crippen LogP contribution >= 0.6 is 11.8 Å². The van der Waals surface area contributed by atoms with Crippen LogP contribution in [0.4, 0.5) is 4.39 Å². The Morgan fingerprint density at radius 3 is 2.43 bits per heavy atom. The van der Waals surface area contributed by atoms with Gasteiger partial charge >= 0.3 is 0 Å². The lowest BCUT2D eigenvalue weighted by Crippen LogP contribution is -2.22. The van der Waals surface area contributed by atoms with E-state index in [1.807, 2.05) is 43.3 Å². The molecule has 0 fully saturated rings. The summed E-state index contributed by atoms with van der Waals surface area (Å²) in [5.41, 5.74) is 4.30. The molecule has 0 aliphatic carbocycles. The number of fused-ring (bicyclic) bond motifs is 1. The van der Waals surface area contributed by atoms with Crippen molar-refractivity contribution in [3.05, 3.63) is 90.0 Å². The van der Waals surface area contributed by atoms with Gasteiger partial charge in [0, 0.05) is 36.8 Å². The minimum Gasteiger partial charge on any atom is -0.429 e. The number of hydrogen-bond acceptors (Lipinski definition) is 6. The minimum absolute atomic E-state index is 0.152. The maximum absolute atomic E-state index is 13.4. The third kappa shape index (κ3) is 4.79. The van der Waals surface area contributed by atoms with Crippen LogP contribution in [-0.4, -0.2) is 39.9 Å². The lowest BCUT2D eigenvalue weighted by atomic mass is 10.1. The van der Waals surface area contributed by atoms with Crippen molar-refractivity contribution in [3.63, 3.8) is 0 Å². The van der Waals surface area contributed by atoms with Crippen LogP contribution in [0.15, 0.2) is 87.5 Å². The van der Waals surface area contributed by atoms with Crippen LogP contribution in [0.5, 0.6) is 0 Å². The van der Waals surface area contributed by atoms with E-state index in [9.17, 15) is 9.18 Å². The van der Waals surface area contributed by atoms with Crippen molar-refractivity contribution in [2.45, 2.75) is 17.0 Å². The summed E-state index contributed by atoms with van der Waals surface area (Å²) < 4.78 is 19.6. The molecule has 0 radical (unpaired) electrons. The normalized spacial score (nSPS) is 11.1. The molecule has 0 spiro atoms. The number of rotatable bonds is 5. The van der Waals surface area contributed by atoms with E-state index >= 15 is 0 Å². The van der Waals surface area contributed by atoms with Gasteiger partial charge in [0.2, 0.25) is 5.89 Å². The molecule has 3 aromatic heterocycles. The SMILES string of the molecule is Cc1ccc(Sc2oc(-c3ccc(F)cc3)nc2-c2ccc3nc(C(=O)N(C)C)ccc3c2)nc1.